The molecular formula is C20H36IN3O3. The number of ether oxygens (including phenoxy) is 2. The lowest BCUT2D eigenvalue weighted by atomic mass is 10.0. The van der Waals surface area contributed by atoms with Gasteiger partial charge in [-0.15, -0.1) is 24.0 Å². The van der Waals surface area contributed by atoms with Crippen molar-refractivity contribution in [2.24, 2.45) is 10.9 Å². The molecule has 27 heavy (non-hydrogen) atoms. The number of hydrogen-bond donors (Lipinski definition) is 3. The SMILES string of the molecule is CCNC(=NCC(O)c1ccc(OC)cc1)NCCC(OCC)C(C)C.I. The minimum Gasteiger partial charge on any atom is -0.497 e. The van der Waals surface area contributed by atoms with E-state index in [4.69, 9.17) is 9.47 Å². The predicted molar refractivity (Wildman–Crippen MR) is 122 cm³/mol. The summed E-state index contributed by atoms with van der Waals surface area (Å²) in [6.45, 7) is 10.9. The molecule has 6 nitrogen and oxygen atoms in total. The van der Waals surface area contributed by atoms with E-state index in [1.165, 1.54) is 0 Å². The van der Waals surface area contributed by atoms with Crippen LogP contribution in [0.4, 0.5) is 0 Å². The van der Waals surface area contributed by atoms with Crippen LogP contribution in [-0.4, -0.2) is 50.5 Å². The van der Waals surface area contributed by atoms with Crippen LogP contribution in [0.15, 0.2) is 29.3 Å². The number of methoxy groups -OCH3 is 1. The lowest BCUT2D eigenvalue weighted by molar-refractivity contribution is 0.0258. The first-order chi connectivity index (χ1) is 12.5. The third-order valence-corrected chi connectivity index (χ3v) is 4.11. The first-order valence-electron chi connectivity index (χ1n) is 9.47. The molecule has 0 heterocycles. The Hall–Kier alpha value is -1.06. The smallest absolute Gasteiger partial charge is 0.191 e. The number of aliphatic hydroxyl groups is 1. The van der Waals surface area contributed by atoms with Crippen molar-refractivity contribution in [2.45, 2.75) is 46.3 Å². The summed E-state index contributed by atoms with van der Waals surface area (Å²) in [5.41, 5.74) is 0.821. The zero-order chi connectivity index (χ0) is 19.4. The molecule has 3 N–H and O–H groups in total. The molecule has 0 bridgehead atoms. The molecule has 0 aliphatic carbocycles. The van der Waals surface area contributed by atoms with Crippen molar-refractivity contribution in [3.8, 4) is 5.75 Å². The minimum absolute atomic E-state index is 0. The fourth-order valence-electron chi connectivity index (χ4n) is 2.61. The maximum atomic E-state index is 10.3. The van der Waals surface area contributed by atoms with Gasteiger partial charge in [0.1, 0.15) is 5.75 Å². The van der Waals surface area contributed by atoms with Crippen molar-refractivity contribution in [3.63, 3.8) is 0 Å². The van der Waals surface area contributed by atoms with E-state index < -0.39 is 6.10 Å². The van der Waals surface area contributed by atoms with Crippen LogP contribution < -0.4 is 15.4 Å². The summed E-state index contributed by atoms with van der Waals surface area (Å²) in [5, 5.41) is 16.9. The van der Waals surface area contributed by atoms with E-state index in [1.807, 2.05) is 38.1 Å². The van der Waals surface area contributed by atoms with Crippen molar-refractivity contribution in [1.29, 1.82) is 0 Å². The zero-order valence-electron chi connectivity index (χ0n) is 17.2. The van der Waals surface area contributed by atoms with Gasteiger partial charge in [-0.2, -0.15) is 0 Å². The second-order valence-electron chi connectivity index (χ2n) is 6.46. The van der Waals surface area contributed by atoms with Gasteiger partial charge in [0.15, 0.2) is 5.96 Å². The second-order valence-corrected chi connectivity index (χ2v) is 6.46. The summed E-state index contributed by atoms with van der Waals surface area (Å²) in [4.78, 5) is 4.49. The van der Waals surface area contributed by atoms with Crippen LogP contribution in [0.5, 0.6) is 5.75 Å². The van der Waals surface area contributed by atoms with Gasteiger partial charge in [0.05, 0.1) is 25.9 Å². The molecule has 0 aromatic heterocycles. The molecule has 0 spiro atoms. The van der Waals surface area contributed by atoms with Crippen molar-refractivity contribution in [2.75, 3.05) is 33.4 Å². The Bertz CT molecular complexity index is 524. The summed E-state index contributed by atoms with van der Waals surface area (Å²) < 4.78 is 10.9. The van der Waals surface area contributed by atoms with Crippen molar-refractivity contribution < 1.29 is 14.6 Å². The van der Waals surface area contributed by atoms with E-state index in [0.29, 0.717) is 18.4 Å². The molecule has 0 amide bonds. The van der Waals surface area contributed by atoms with E-state index in [1.54, 1.807) is 7.11 Å². The van der Waals surface area contributed by atoms with Crippen LogP contribution in [0.25, 0.3) is 0 Å². The highest BCUT2D eigenvalue weighted by molar-refractivity contribution is 14.0. The van der Waals surface area contributed by atoms with Crippen LogP contribution >= 0.6 is 24.0 Å². The van der Waals surface area contributed by atoms with E-state index in [-0.39, 0.29) is 30.1 Å². The molecule has 7 heteroatoms. The van der Waals surface area contributed by atoms with Crippen LogP contribution in [0.1, 0.15) is 45.8 Å². The lowest BCUT2D eigenvalue weighted by Gasteiger charge is -2.21. The third kappa shape index (κ3) is 10.2. The minimum atomic E-state index is -0.650. The first-order valence-corrected chi connectivity index (χ1v) is 9.47. The summed E-state index contributed by atoms with van der Waals surface area (Å²) in [5.74, 6) is 1.96. The fourth-order valence-corrected chi connectivity index (χ4v) is 2.61. The largest absolute Gasteiger partial charge is 0.497 e. The second kappa shape index (κ2) is 14.9. The van der Waals surface area contributed by atoms with Gasteiger partial charge in [-0.3, -0.25) is 4.99 Å². The lowest BCUT2D eigenvalue weighted by Crippen LogP contribution is -2.39. The molecule has 2 unspecified atom stereocenters. The number of aliphatic hydroxyl groups excluding tert-OH is 1. The quantitative estimate of drug-likeness (QED) is 0.251. The molecule has 0 saturated heterocycles. The average molecular weight is 493 g/mol. The molecule has 0 aliphatic heterocycles. The number of halogens is 1. The first kappa shape index (κ1) is 25.9. The van der Waals surface area contributed by atoms with Crippen molar-refractivity contribution in [3.05, 3.63) is 29.8 Å². The summed E-state index contributed by atoms with van der Waals surface area (Å²) in [7, 11) is 1.62. The highest BCUT2D eigenvalue weighted by atomic mass is 127. The predicted octanol–water partition coefficient (Wildman–Crippen LogP) is 3.35. The van der Waals surface area contributed by atoms with Crippen LogP contribution in [0.2, 0.25) is 0 Å². The molecule has 0 fully saturated rings. The number of rotatable bonds is 11. The number of benzene rings is 1. The molecule has 1 aromatic carbocycles. The maximum absolute atomic E-state index is 10.3. The Morgan fingerprint density at radius 3 is 2.33 bits per heavy atom. The van der Waals surface area contributed by atoms with E-state index in [9.17, 15) is 5.11 Å². The van der Waals surface area contributed by atoms with Gasteiger partial charge in [0.25, 0.3) is 0 Å². The average Bonchev–Trinajstić information content (AvgIpc) is 2.65. The summed E-state index contributed by atoms with van der Waals surface area (Å²) >= 11 is 0. The maximum Gasteiger partial charge on any atom is 0.191 e. The standard InChI is InChI=1S/C20H35N3O3.HI/c1-6-21-20(22-13-12-19(15(3)4)26-7-2)23-14-18(24)16-8-10-17(25-5)11-9-16;/h8-11,15,18-19,24H,6-7,12-14H2,1-5H3,(H2,21,22,23);1H. The van der Waals surface area contributed by atoms with E-state index >= 15 is 0 Å². The summed E-state index contributed by atoms with van der Waals surface area (Å²) in [6, 6.07) is 7.39. The van der Waals surface area contributed by atoms with Gasteiger partial charge < -0.3 is 25.2 Å². The molecule has 0 saturated carbocycles. The number of nitrogens with one attached hydrogen (secondary N) is 2. The van der Waals surface area contributed by atoms with Gasteiger partial charge in [-0.25, -0.2) is 0 Å². The molecule has 0 aliphatic rings. The Morgan fingerprint density at radius 2 is 1.81 bits per heavy atom. The van der Waals surface area contributed by atoms with Crippen molar-refractivity contribution >= 4 is 29.9 Å². The molecule has 156 valence electrons. The highest BCUT2D eigenvalue weighted by Gasteiger charge is 2.13. The van der Waals surface area contributed by atoms with Crippen LogP contribution in [-0.2, 0) is 4.74 Å². The van der Waals surface area contributed by atoms with Crippen LogP contribution in [0.3, 0.4) is 0 Å². The normalized spacial score (nSPS) is 13.7. The van der Waals surface area contributed by atoms with Crippen molar-refractivity contribution in [1.82, 2.24) is 10.6 Å². The molecule has 1 rings (SSSR count). The third-order valence-electron chi connectivity index (χ3n) is 4.11. The Labute approximate surface area is 181 Å². The number of hydrogen-bond acceptors (Lipinski definition) is 4. The summed E-state index contributed by atoms with van der Waals surface area (Å²) in [6.07, 6.45) is 0.500. The molecule has 1 aromatic rings. The monoisotopic (exact) mass is 493 g/mol. The van der Waals surface area contributed by atoms with Gasteiger partial charge in [-0.1, -0.05) is 26.0 Å². The van der Waals surface area contributed by atoms with Crippen LogP contribution in [0, 0.1) is 5.92 Å². The molecule has 0 radical (unpaired) electrons. The fraction of sp³-hybridized carbons (Fsp3) is 0.650. The van der Waals surface area contributed by atoms with Gasteiger partial charge in [-0.05, 0) is 43.9 Å². The topological polar surface area (TPSA) is 75.1 Å². The number of aliphatic imine (C=N–C) groups is 1. The van der Waals surface area contributed by atoms with Gasteiger partial charge >= 0.3 is 0 Å². The highest BCUT2D eigenvalue weighted by Crippen LogP contribution is 2.17. The number of nitrogens with zero attached hydrogens (tertiary/aromatic N) is 1. The zero-order valence-corrected chi connectivity index (χ0v) is 19.5. The van der Waals surface area contributed by atoms with E-state index in [0.717, 1.165) is 37.4 Å². The van der Waals surface area contributed by atoms with Gasteiger partial charge in [0, 0.05) is 19.7 Å². The van der Waals surface area contributed by atoms with E-state index in [2.05, 4.69) is 29.5 Å². The molecular weight excluding hydrogens is 457 g/mol. The Kier molecular flexibility index (Phi) is 14.3. The number of guanidine groups is 1. The molecule has 2 atom stereocenters. The van der Waals surface area contributed by atoms with Gasteiger partial charge in [0.2, 0.25) is 0 Å². The Morgan fingerprint density at radius 1 is 1.15 bits per heavy atom. The Balaban J connectivity index is 0.00000676.